The van der Waals surface area contributed by atoms with Gasteiger partial charge in [0.1, 0.15) is 0 Å². The molecule has 0 aliphatic rings. The third kappa shape index (κ3) is 2.27. The molecule has 84 valence electrons. The second-order valence-electron chi connectivity index (χ2n) is 3.12. The minimum Gasteiger partial charge on any atom is -0.240 e. The minimum atomic E-state index is -4.40. The van der Waals surface area contributed by atoms with Crippen molar-refractivity contribution in [1.29, 1.82) is 0 Å². The molecular formula is C10H6BrF3N2. The van der Waals surface area contributed by atoms with Gasteiger partial charge in [0, 0.05) is 10.7 Å². The molecule has 0 unspecified atom stereocenters. The van der Waals surface area contributed by atoms with E-state index in [0.29, 0.717) is 5.69 Å². The fourth-order valence-corrected chi connectivity index (χ4v) is 1.48. The number of rotatable bonds is 1. The van der Waals surface area contributed by atoms with Crippen LogP contribution in [-0.4, -0.2) is 9.78 Å². The maximum absolute atomic E-state index is 12.3. The Kier molecular flexibility index (Phi) is 2.75. The first-order valence-corrected chi connectivity index (χ1v) is 5.15. The Morgan fingerprint density at radius 3 is 2.19 bits per heavy atom. The number of benzene rings is 1. The zero-order valence-electron chi connectivity index (χ0n) is 7.87. The van der Waals surface area contributed by atoms with Crippen molar-refractivity contribution in [3.05, 3.63) is 46.7 Å². The highest BCUT2D eigenvalue weighted by Gasteiger charge is 2.33. The van der Waals surface area contributed by atoms with Gasteiger partial charge in [-0.05, 0) is 30.3 Å². The summed E-state index contributed by atoms with van der Waals surface area (Å²) >= 11 is 3.25. The summed E-state index contributed by atoms with van der Waals surface area (Å²) in [7, 11) is 0. The van der Waals surface area contributed by atoms with Gasteiger partial charge in [0.15, 0.2) is 5.69 Å². The van der Waals surface area contributed by atoms with Crippen molar-refractivity contribution in [2.45, 2.75) is 6.18 Å². The lowest BCUT2D eigenvalue weighted by molar-refractivity contribution is -0.141. The zero-order chi connectivity index (χ0) is 11.8. The van der Waals surface area contributed by atoms with Crippen LogP contribution in [0.1, 0.15) is 5.69 Å². The third-order valence-corrected chi connectivity index (χ3v) is 2.50. The average Bonchev–Trinajstić information content (AvgIpc) is 2.67. The molecular weight excluding hydrogens is 285 g/mol. The average molecular weight is 291 g/mol. The van der Waals surface area contributed by atoms with Crippen molar-refractivity contribution in [2.24, 2.45) is 0 Å². The van der Waals surface area contributed by atoms with Crippen molar-refractivity contribution in [1.82, 2.24) is 9.78 Å². The molecule has 0 fully saturated rings. The van der Waals surface area contributed by atoms with Gasteiger partial charge in [0.05, 0.1) is 5.69 Å². The summed E-state index contributed by atoms with van der Waals surface area (Å²) in [4.78, 5) is 0. The Morgan fingerprint density at radius 2 is 1.69 bits per heavy atom. The van der Waals surface area contributed by atoms with E-state index in [4.69, 9.17) is 0 Å². The van der Waals surface area contributed by atoms with E-state index in [2.05, 4.69) is 21.0 Å². The molecule has 0 spiro atoms. The molecule has 1 aromatic carbocycles. The van der Waals surface area contributed by atoms with Gasteiger partial charge in [-0.2, -0.15) is 18.3 Å². The highest BCUT2D eigenvalue weighted by atomic mass is 79.9. The van der Waals surface area contributed by atoms with Gasteiger partial charge >= 0.3 is 6.18 Å². The number of halogens is 4. The Hall–Kier alpha value is -1.30. The normalized spacial score (nSPS) is 11.8. The van der Waals surface area contributed by atoms with Crippen LogP contribution in [0.5, 0.6) is 0 Å². The van der Waals surface area contributed by atoms with E-state index in [0.717, 1.165) is 10.5 Å². The molecule has 0 aliphatic carbocycles. The lowest BCUT2D eigenvalue weighted by Crippen LogP contribution is -2.07. The van der Waals surface area contributed by atoms with Crippen LogP contribution in [0.4, 0.5) is 13.2 Å². The summed E-state index contributed by atoms with van der Waals surface area (Å²) in [6.45, 7) is 0. The van der Waals surface area contributed by atoms with E-state index in [1.165, 1.54) is 10.9 Å². The van der Waals surface area contributed by atoms with Crippen LogP contribution in [0.2, 0.25) is 0 Å². The highest BCUT2D eigenvalue weighted by Crippen LogP contribution is 2.27. The van der Waals surface area contributed by atoms with Crippen molar-refractivity contribution < 1.29 is 13.2 Å². The maximum atomic E-state index is 12.3. The molecule has 2 aromatic rings. The number of alkyl halides is 3. The lowest BCUT2D eigenvalue weighted by atomic mass is 10.3. The fraction of sp³-hybridized carbons (Fsp3) is 0.100. The summed E-state index contributed by atoms with van der Waals surface area (Å²) < 4.78 is 38.9. The number of nitrogens with zero attached hydrogens (tertiary/aromatic N) is 2. The molecule has 1 aromatic heterocycles. The van der Waals surface area contributed by atoms with E-state index in [-0.39, 0.29) is 0 Å². The molecule has 1 heterocycles. The molecule has 0 N–H and O–H groups in total. The molecule has 0 aliphatic heterocycles. The van der Waals surface area contributed by atoms with Gasteiger partial charge < -0.3 is 0 Å². The number of aromatic nitrogens is 2. The Balaban J connectivity index is 2.35. The largest absolute Gasteiger partial charge is 0.435 e. The van der Waals surface area contributed by atoms with E-state index >= 15 is 0 Å². The second-order valence-corrected chi connectivity index (χ2v) is 4.04. The van der Waals surface area contributed by atoms with Crippen LogP contribution < -0.4 is 0 Å². The quantitative estimate of drug-likeness (QED) is 0.784. The summed E-state index contributed by atoms with van der Waals surface area (Å²) in [5.41, 5.74) is -0.311. The molecule has 6 heteroatoms. The number of hydrogen-bond acceptors (Lipinski definition) is 1. The lowest BCUT2D eigenvalue weighted by Gasteiger charge is -2.02. The van der Waals surface area contributed by atoms with E-state index in [1.54, 1.807) is 24.3 Å². The molecule has 0 bridgehead atoms. The zero-order valence-corrected chi connectivity index (χ0v) is 9.46. The van der Waals surface area contributed by atoms with Crippen LogP contribution >= 0.6 is 15.9 Å². The summed E-state index contributed by atoms with van der Waals surface area (Å²) in [6.07, 6.45) is -3.12. The van der Waals surface area contributed by atoms with Crippen LogP contribution in [0.25, 0.3) is 5.69 Å². The predicted molar refractivity (Wildman–Crippen MR) is 56.3 cm³/mol. The van der Waals surface area contributed by atoms with Gasteiger partial charge in [-0.25, -0.2) is 4.68 Å². The van der Waals surface area contributed by atoms with Crippen LogP contribution in [0.3, 0.4) is 0 Å². The van der Waals surface area contributed by atoms with Gasteiger partial charge in [0.25, 0.3) is 0 Å². The van der Waals surface area contributed by atoms with Crippen molar-refractivity contribution in [3.8, 4) is 5.69 Å². The van der Waals surface area contributed by atoms with Crippen molar-refractivity contribution in [3.63, 3.8) is 0 Å². The Bertz CT molecular complexity index is 488. The van der Waals surface area contributed by atoms with Crippen molar-refractivity contribution >= 4 is 15.9 Å². The standard InChI is InChI=1S/C10H6BrF3N2/c11-7-1-3-8(4-2-7)16-6-5-9(15-16)10(12,13)14/h1-6H. The van der Waals surface area contributed by atoms with Crippen LogP contribution in [-0.2, 0) is 6.18 Å². The third-order valence-electron chi connectivity index (χ3n) is 1.97. The minimum absolute atomic E-state index is 0.582. The van der Waals surface area contributed by atoms with E-state index < -0.39 is 11.9 Å². The topological polar surface area (TPSA) is 17.8 Å². The molecule has 0 saturated heterocycles. The molecule has 0 radical (unpaired) electrons. The SMILES string of the molecule is FC(F)(F)c1ccn(-c2ccc(Br)cc2)n1. The van der Waals surface area contributed by atoms with Crippen molar-refractivity contribution in [2.75, 3.05) is 0 Å². The second kappa shape index (κ2) is 3.93. The first kappa shape index (κ1) is 11.2. The Labute approximate surface area is 97.8 Å². The molecule has 2 rings (SSSR count). The molecule has 0 atom stereocenters. The molecule has 0 amide bonds. The van der Waals surface area contributed by atoms with Gasteiger partial charge in [-0.15, -0.1) is 0 Å². The van der Waals surface area contributed by atoms with Gasteiger partial charge in [0.2, 0.25) is 0 Å². The summed E-state index contributed by atoms with van der Waals surface area (Å²) in [5, 5.41) is 3.46. The van der Waals surface area contributed by atoms with E-state index in [1.807, 2.05) is 0 Å². The smallest absolute Gasteiger partial charge is 0.240 e. The monoisotopic (exact) mass is 290 g/mol. The molecule has 2 nitrogen and oxygen atoms in total. The number of hydrogen-bond donors (Lipinski definition) is 0. The van der Waals surface area contributed by atoms with Crippen LogP contribution in [0, 0.1) is 0 Å². The maximum Gasteiger partial charge on any atom is 0.435 e. The fourth-order valence-electron chi connectivity index (χ4n) is 1.21. The van der Waals surface area contributed by atoms with Gasteiger partial charge in [-0.3, -0.25) is 0 Å². The van der Waals surface area contributed by atoms with Crippen LogP contribution in [0.15, 0.2) is 41.0 Å². The molecule has 16 heavy (non-hydrogen) atoms. The first-order valence-electron chi connectivity index (χ1n) is 4.35. The van der Waals surface area contributed by atoms with E-state index in [9.17, 15) is 13.2 Å². The van der Waals surface area contributed by atoms with Gasteiger partial charge in [-0.1, -0.05) is 15.9 Å². The molecule has 0 saturated carbocycles. The summed E-state index contributed by atoms with van der Waals surface area (Å²) in [5.74, 6) is 0. The summed E-state index contributed by atoms with van der Waals surface area (Å²) in [6, 6.07) is 7.78. The Morgan fingerprint density at radius 1 is 1.06 bits per heavy atom. The highest BCUT2D eigenvalue weighted by molar-refractivity contribution is 9.10. The first-order chi connectivity index (χ1) is 7.47. The predicted octanol–water partition coefficient (Wildman–Crippen LogP) is 3.65.